The van der Waals surface area contributed by atoms with Crippen molar-refractivity contribution in [2.75, 3.05) is 6.54 Å². The molecule has 18 heavy (non-hydrogen) atoms. The first-order chi connectivity index (χ1) is 8.62. The molecule has 1 aromatic rings. The van der Waals surface area contributed by atoms with Gasteiger partial charge in [0.1, 0.15) is 4.21 Å². The molecule has 0 aliphatic heterocycles. The molecule has 0 unspecified atom stereocenters. The second-order valence-corrected chi connectivity index (χ2v) is 7.71. The van der Waals surface area contributed by atoms with Gasteiger partial charge in [-0.2, -0.15) is 0 Å². The Balaban J connectivity index is 2.02. The van der Waals surface area contributed by atoms with Crippen LogP contribution in [0.15, 0.2) is 16.3 Å². The predicted molar refractivity (Wildman–Crippen MR) is 74.3 cm³/mol. The summed E-state index contributed by atoms with van der Waals surface area (Å²) in [6.45, 7) is 3.66. The van der Waals surface area contributed by atoms with Crippen molar-refractivity contribution in [1.82, 2.24) is 10.0 Å². The molecule has 1 aliphatic rings. The SMILES string of the molecule is CCNCc1ccc(S(=O)(=O)NC2CCCC2)s1. The summed E-state index contributed by atoms with van der Waals surface area (Å²) in [6, 6.07) is 3.72. The van der Waals surface area contributed by atoms with Gasteiger partial charge in [-0.15, -0.1) is 11.3 Å². The van der Waals surface area contributed by atoms with Crippen molar-refractivity contribution in [3.8, 4) is 0 Å². The Morgan fingerprint density at radius 1 is 1.33 bits per heavy atom. The van der Waals surface area contributed by atoms with Gasteiger partial charge in [0, 0.05) is 17.5 Å². The molecule has 6 heteroatoms. The molecule has 0 atom stereocenters. The predicted octanol–water partition coefficient (Wildman–Crippen LogP) is 2.08. The lowest BCUT2D eigenvalue weighted by atomic mass is 10.3. The van der Waals surface area contributed by atoms with Crippen molar-refractivity contribution in [2.24, 2.45) is 0 Å². The van der Waals surface area contributed by atoms with Crippen LogP contribution in [0.5, 0.6) is 0 Å². The van der Waals surface area contributed by atoms with Crippen LogP contribution in [0, 0.1) is 0 Å². The van der Waals surface area contributed by atoms with E-state index in [-0.39, 0.29) is 6.04 Å². The van der Waals surface area contributed by atoms with Gasteiger partial charge in [-0.1, -0.05) is 19.8 Å². The monoisotopic (exact) mass is 288 g/mol. The van der Waals surface area contributed by atoms with Gasteiger partial charge in [-0.25, -0.2) is 13.1 Å². The minimum atomic E-state index is -3.31. The maximum Gasteiger partial charge on any atom is 0.250 e. The van der Waals surface area contributed by atoms with Crippen LogP contribution in [-0.4, -0.2) is 21.0 Å². The van der Waals surface area contributed by atoms with Crippen molar-refractivity contribution < 1.29 is 8.42 Å². The fourth-order valence-electron chi connectivity index (χ4n) is 2.17. The Labute approximate surface area is 113 Å². The number of rotatable bonds is 6. The van der Waals surface area contributed by atoms with Crippen molar-refractivity contribution in [3.63, 3.8) is 0 Å². The molecule has 0 bridgehead atoms. The van der Waals surface area contributed by atoms with E-state index in [1.54, 1.807) is 6.07 Å². The normalized spacial score (nSPS) is 17.4. The van der Waals surface area contributed by atoms with Crippen LogP contribution in [0.25, 0.3) is 0 Å². The molecule has 0 spiro atoms. The van der Waals surface area contributed by atoms with E-state index in [0.29, 0.717) is 4.21 Å². The average molecular weight is 288 g/mol. The summed E-state index contributed by atoms with van der Waals surface area (Å²) in [7, 11) is -3.31. The van der Waals surface area contributed by atoms with E-state index in [9.17, 15) is 8.42 Å². The molecule has 2 N–H and O–H groups in total. The Kier molecular flexibility index (Phi) is 4.77. The van der Waals surface area contributed by atoms with E-state index in [2.05, 4.69) is 10.0 Å². The van der Waals surface area contributed by atoms with E-state index < -0.39 is 10.0 Å². The Hall–Kier alpha value is -0.430. The first kappa shape index (κ1) is 14.0. The first-order valence-corrected chi connectivity index (χ1v) is 8.73. The molecule has 0 radical (unpaired) electrons. The van der Waals surface area contributed by atoms with Crippen molar-refractivity contribution in [3.05, 3.63) is 17.0 Å². The van der Waals surface area contributed by atoms with Crippen LogP contribution in [-0.2, 0) is 16.6 Å². The highest BCUT2D eigenvalue weighted by Gasteiger charge is 2.23. The zero-order chi connectivity index (χ0) is 13.0. The van der Waals surface area contributed by atoms with Crippen molar-refractivity contribution >= 4 is 21.4 Å². The lowest BCUT2D eigenvalue weighted by Crippen LogP contribution is -2.32. The fraction of sp³-hybridized carbons (Fsp3) is 0.667. The van der Waals surface area contributed by atoms with Gasteiger partial charge in [0.15, 0.2) is 0 Å². The quantitative estimate of drug-likeness (QED) is 0.842. The average Bonchev–Trinajstić information content (AvgIpc) is 2.96. The Morgan fingerprint density at radius 2 is 2.06 bits per heavy atom. The third-order valence-corrected chi connectivity index (χ3v) is 6.23. The lowest BCUT2D eigenvalue weighted by molar-refractivity contribution is 0.554. The molecule has 0 amide bonds. The molecule has 1 aromatic heterocycles. The standard InChI is InChI=1S/C12H20N2O2S2/c1-2-13-9-11-7-8-12(17-11)18(15,16)14-10-5-3-4-6-10/h7-8,10,13-14H,2-6,9H2,1H3. The van der Waals surface area contributed by atoms with Gasteiger partial charge >= 0.3 is 0 Å². The van der Waals surface area contributed by atoms with Crippen LogP contribution in [0.1, 0.15) is 37.5 Å². The molecule has 1 heterocycles. The molecule has 102 valence electrons. The summed E-state index contributed by atoms with van der Waals surface area (Å²) < 4.78 is 27.5. The second kappa shape index (κ2) is 6.14. The number of nitrogens with one attached hydrogen (secondary N) is 2. The Bertz CT molecular complexity index is 476. The summed E-state index contributed by atoms with van der Waals surface area (Å²) in [6.07, 6.45) is 4.19. The highest BCUT2D eigenvalue weighted by Crippen LogP contribution is 2.24. The van der Waals surface area contributed by atoms with Gasteiger partial charge in [-0.05, 0) is 31.5 Å². The third kappa shape index (κ3) is 3.54. The number of hydrogen-bond donors (Lipinski definition) is 2. The zero-order valence-electron chi connectivity index (χ0n) is 10.6. The highest BCUT2D eigenvalue weighted by molar-refractivity contribution is 7.91. The van der Waals surface area contributed by atoms with E-state index in [1.807, 2.05) is 13.0 Å². The molecule has 0 aromatic carbocycles. The lowest BCUT2D eigenvalue weighted by Gasteiger charge is -2.10. The molecule has 1 saturated carbocycles. The highest BCUT2D eigenvalue weighted by atomic mass is 32.2. The minimum Gasteiger partial charge on any atom is -0.312 e. The van der Waals surface area contributed by atoms with Crippen molar-refractivity contribution in [2.45, 2.75) is 49.4 Å². The molecule has 4 nitrogen and oxygen atoms in total. The molecule has 1 aliphatic carbocycles. The molecule has 1 fully saturated rings. The maximum atomic E-state index is 12.2. The molecule has 0 saturated heterocycles. The summed E-state index contributed by atoms with van der Waals surface area (Å²) >= 11 is 1.35. The second-order valence-electron chi connectivity index (χ2n) is 4.60. The first-order valence-electron chi connectivity index (χ1n) is 6.43. The molecular weight excluding hydrogens is 268 g/mol. The fourth-order valence-corrected chi connectivity index (χ4v) is 4.81. The van der Waals surface area contributed by atoms with Gasteiger partial charge in [0.2, 0.25) is 10.0 Å². The third-order valence-electron chi connectivity index (χ3n) is 3.13. The van der Waals surface area contributed by atoms with Gasteiger partial charge in [0.05, 0.1) is 0 Å². The van der Waals surface area contributed by atoms with Crippen LogP contribution in [0.3, 0.4) is 0 Å². The number of sulfonamides is 1. The van der Waals surface area contributed by atoms with Crippen molar-refractivity contribution in [1.29, 1.82) is 0 Å². The van der Waals surface area contributed by atoms with Gasteiger partial charge in [-0.3, -0.25) is 0 Å². The topological polar surface area (TPSA) is 58.2 Å². The molecule has 2 rings (SSSR count). The zero-order valence-corrected chi connectivity index (χ0v) is 12.2. The Morgan fingerprint density at radius 3 is 2.72 bits per heavy atom. The van der Waals surface area contributed by atoms with E-state index in [4.69, 9.17) is 0 Å². The largest absolute Gasteiger partial charge is 0.312 e. The van der Waals surface area contributed by atoms with Crippen LogP contribution in [0.2, 0.25) is 0 Å². The van der Waals surface area contributed by atoms with Gasteiger partial charge in [0.25, 0.3) is 0 Å². The number of hydrogen-bond acceptors (Lipinski definition) is 4. The summed E-state index contributed by atoms with van der Waals surface area (Å²) in [5, 5.41) is 3.20. The number of thiophene rings is 1. The summed E-state index contributed by atoms with van der Waals surface area (Å²) in [5.74, 6) is 0. The minimum absolute atomic E-state index is 0.134. The summed E-state index contributed by atoms with van der Waals surface area (Å²) in [5.41, 5.74) is 0. The van der Waals surface area contributed by atoms with Gasteiger partial charge < -0.3 is 5.32 Å². The molecular formula is C12H20N2O2S2. The van der Waals surface area contributed by atoms with Crippen LogP contribution >= 0.6 is 11.3 Å². The maximum absolute atomic E-state index is 12.2. The van der Waals surface area contributed by atoms with Crippen LogP contribution in [0.4, 0.5) is 0 Å². The smallest absolute Gasteiger partial charge is 0.250 e. The van der Waals surface area contributed by atoms with E-state index >= 15 is 0 Å². The van der Waals surface area contributed by atoms with Crippen LogP contribution < -0.4 is 10.0 Å². The summed E-state index contributed by atoms with van der Waals surface area (Å²) in [4.78, 5) is 1.06. The van der Waals surface area contributed by atoms with E-state index in [1.165, 1.54) is 11.3 Å². The van der Waals surface area contributed by atoms with E-state index in [0.717, 1.165) is 43.6 Å².